The second-order valence-electron chi connectivity index (χ2n) is 7.26. The summed E-state index contributed by atoms with van der Waals surface area (Å²) in [5, 5.41) is 13.9. The minimum Gasteiger partial charge on any atom is -0.454 e. The molecule has 5 nitrogen and oxygen atoms in total. The van der Waals surface area contributed by atoms with Crippen LogP contribution in [0.4, 0.5) is 0 Å². The van der Waals surface area contributed by atoms with Gasteiger partial charge in [-0.3, -0.25) is 4.90 Å². The molecule has 0 bridgehead atoms. The van der Waals surface area contributed by atoms with E-state index in [0.717, 1.165) is 56.8 Å². The number of fused-ring (bicyclic) bond motifs is 1. The van der Waals surface area contributed by atoms with Crippen LogP contribution in [0.5, 0.6) is 11.5 Å². The van der Waals surface area contributed by atoms with E-state index in [1.54, 1.807) is 0 Å². The van der Waals surface area contributed by atoms with Crippen LogP contribution in [0, 0.1) is 0 Å². The van der Waals surface area contributed by atoms with Gasteiger partial charge >= 0.3 is 0 Å². The van der Waals surface area contributed by atoms with Crippen LogP contribution in [0.25, 0.3) is 0 Å². The number of piperidine rings is 1. The molecule has 3 aliphatic rings. The molecule has 0 amide bonds. The minimum atomic E-state index is -0.118. The highest BCUT2D eigenvalue weighted by Crippen LogP contribution is 2.35. The fourth-order valence-corrected chi connectivity index (χ4v) is 4.34. The van der Waals surface area contributed by atoms with Crippen LogP contribution >= 0.6 is 0 Å². The van der Waals surface area contributed by atoms with Gasteiger partial charge in [0.2, 0.25) is 6.79 Å². The van der Waals surface area contributed by atoms with Crippen molar-refractivity contribution in [2.75, 3.05) is 19.9 Å². The van der Waals surface area contributed by atoms with Crippen molar-refractivity contribution >= 4 is 0 Å². The van der Waals surface area contributed by atoms with E-state index in [-0.39, 0.29) is 6.10 Å². The molecule has 132 valence electrons. The molecule has 4 rings (SSSR count). The maximum absolute atomic E-state index is 10.2. The van der Waals surface area contributed by atoms with Gasteiger partial charge in [0.05, 0.1) is 6.10 Å². The third-order valence-corrected chi connectivity index (χ3v) is 5.75. The van der Waals surface area contributed by atoms with Gasteiger partial charge in [-0.15, -0.1) is 0 Å². The van der Waals surface area contributed by atoms with E-state index in [1.165, 1.54) is 18.4 Å². The summed E-state index contributed by atoms with van der Waals surface area (Å²) >= 11 is 0. The van der Waals surface area contributed by atoms with Gasteiger partial charge in [-0.2, -0.15) is 0 Å². The molecular formula is C19H28N2O3. The number of nitrogens with one attached hydrogen (secondary N) is 1. The first-order valence-electron chi connectivity index (χ1n) is 9.34. The number of hydrogen-bond donors (Lipinski definition) is 2. The Morgan fingerprint density at radius 3 is 2.75 bits per heavy atom. The highest BCUT2D eigenvalue weighted by Gasteiger charge is 2.31. The van der Waals surface area contributed by atoms with Crippen molar-refractivity contribution < 1.29 is 14.6 Å². The van der Waals surface area contributed by atoms with E-state index in [0.29, 0.717) is 18.9 Å². The zero-order valence-electron chi connectivity index (χ0n) is 14.2. The Kier molecular flexibility index (Phi) is 4.92. The van der Waals surface area contributed by atoms with E-state index in [9.17, 15) is 5.11 Å². The number of aliphatic hydroxyl groups excluding tert-OH is 1. The maximum atomic E-state index is 10.2. The third kappa shape index (κ3) is 3.39. The molecule has 1 saturated heterocycles. The molecule has 1 aromatic carbocycles. The van der Waals surface area contributed by atoms with Crippen molar-refractivity contribution in [3.05, 3.63) is 23.8 Å². The molecule has 24 heavy (non-hydrogen) atoms. The molecule has 0 aromatic heterocycles. The SMILES string of the molecule is OC1CCCCC1N1CCC(NCc2cccc3c2OCO3)CC1. The largest absolute Gasteiger partial charge is 0.454 e. The van der Waals surface area contributed by atoms with Gasteiger partial charge in [0.25, 0.3) is 0 Å². The van der Waals surface area contributed by atoms with E-state index in [1.807, 2.05) is 12.1 Å². The van der Waals surface area contributed by atoms with Gasteiger partial charge in [0.1, 0.15) is 0 Å². The van der Waals surface area contributed by atoms with E-state index in [2.05, 4.69) is 16.3 Å². The number of rotatable bonds is 4. The van der Waals surface area contributed by atoms with Crippen LogP contribution in [0.2, 0.25) is 0 Å². The maximum Gasteiger partial charge on any atom is 0.231 e. The third-order valence-electron chi connectivity index (χ3n) is 5.75. The van der Waals surface area contributed by atoms with E-state index < -0.39 is 0 Å². The molecule has 2 fully saturated rings. The Hall–Kier alpha value is -1.30. The quantitative estimate of drug-likeness (QED) is 0.886. The summed E-state index contributed by atoms with van der Waals surface area (Å²) in [5.41, 5.74) is 1.18. The predicted molar refractivity (Wildman–Crippen MR) is 92.3 cm³/mol. The first-order chi connectivity index (χ1) is 11.8. The van der Waals surface area contributed by atoms with Crippen LogP contribution in [-0.2, 0) is 6.54 Å². The molecule has 1 saturated carbocycles. The molecule has 1 aliphatic carbocycles. The van der Waals surface area contributed by atoms with Gasteiger partial charge in [-0.1, -0.05) is 25.0 Å². The average Bonchev–Trinajstić information content (AvgIpc) is 3.10. The van der Waals surface area contributed by atoms with Crippen LogP contribution < -0.4 is 14.8 Å². The number of hydrogen-bond acceptors (Lipinski definition) is 5. The summed E-state index contributed by atoms with van der Waals surface area (Å²) in [7, 11) is 0. The summed E-state index contributed by atoms with van der Waals surface area (Å²) in [5.74, 6) is 1.75. The lowest BCUT2D eigenvalue weighted by molar-refractivity contribution is 0.00713. The molecule has 5 heteroatoms. The molecule has 2 N–H and O–H groups in total. The lowest BCUT2D eigenvalue weighted by atomic mass is 9.89. The molecule has 0 radical (unpaired) electrons. The Morgan fingerprint density at radius 1 is 1.08 bits per heavy atom. The summed E-state index contributed by atoms with van der Waals surface area (Å²) < 4.78 is 11.0. The van der Waals surface area contributed by atoms with Crippen LogP contribution in [0.15, 0.2) is 18.2 Å². The van der Waals surface area contributed by atoms with Crippen molar-refractivity contribution in [3.63, 3.8) is 0 Å². The lowest BCUT2D eigenvalue weighted by Crippen LogP contribution is -2.51. The molecule has 1 aromatic rings. The van der Waals surface area contributed by atoms with Crippen molar-refractivity contribution in [2.24, 2.45) is 0 Å². The number of benzene rings is 1. The lowest BCUT2D eigenvalue weighted by Gasteiger charge is -2.41. The molecule has 0 spiro atoms. The van der Waals surface area contributed by atoms with Crippen molar-refractivity contribution in [1.29, 1.82) is 0 Å². The molecule has 2 atom stereocenters. The van der Waals surface area contributed by atoms with Crippen LogP contribution in [0.3, 0.4) is 0 Å². The summed E-state index contributed by atoms with van der Waals surface area (Å²) in [6.45, 7) is 3.33. The molecule has 2 heterocycles. The van der Waals surface area contributed by atoms with Crippen LogP contribution in [0.1, 0.15) is 44.1 Å². The molecule has 2 aliphatic heterocycles. The number of likely N-dealkylation sites (tertiary alicyclic amines) is 1. The van der Waals surface area contributed by atoms with Gasteiger partial charge < -0.3 is 19.9 Å². The van der Waals surface area contributed by atoms with Crippen molar-refractivity contribution in [1.82, 2.24) is 10.2 Å². The van der Waals surface area contributed by atoms with Crippen LogP contribution in [-0.4, -0.2) is 48.1 Å². The fraction of sp³-hybridized carbons (Fsp3) is 0.684. The standard InChI is InChI=1S/C19H28N2O3/c22-17-6-2-1-5-16(17)21-10-8-15(9-11-21)20-12-14-4-3-7-18-19(14)24-13-23-18/h3-4,7,15-17,20,22H,1-2,5-6,8-13H2. The Labute approximate surface area is 143 Å². The zero-order chi connectivity index (χ0) is 16.4. The van der Waals surface area contributed by atoms with Crippen molar-refractivity contribution in [2.45, 2.75) is 63.3 Å². The first-order valence-corrected chi connectivity index (χ1v) is 9.34. The first kappa shape index (κ1) is 16.2. The topological polar surface area (TPSA) is 54.0 Å². The normalized spacial score (nSPS) is 28.2. The van der Waals surface area contributed by atoms with Gasteiger partial charge in [0, 0.05) is 37.3 Å². The second kappa shape index (κ2) is 7.30. The van der Waals surface area contributed by atoms with E-state index >= 15 is 0 Å². The molecular weight excluding hydrogens is 304 g/mol. The predicted octanol–water partition coefficient (Wildman–Crippen LogP) is 2.27. The summed E-state index contributed by atoms with van der Waals surface area (Å²) in [6, 6.07) is 7.02. The summed E-state index contributed by atoms with van der Waals surface area (Å²) in [4.78, 5) is 2.51. The van der Waals surface area contributed by atoms with Gasteiger partial charge in [-0.25, -0.2) is 0 Å². The minimum absolute atomic E-state index is 0.118. The number of nitrogens with zero attached hydrogens (tertiary/aromatic N) is 1. The van der Waals surface area contributed by atoms with E-state index in [4.69, 9.17) is 9.47 Å². The Balaban J connectivity index is 1.27. The zero-order valence-corrected chi connectivity index (χ0v) is 14.2. The average molecular weight is 332 g/mol. The Bertz CT molecular complexity index is 558. The number of para-hydroxylation sites is 1. The number of aliphatic hydroxyl groups is 1. The fourth-order valence-electron chi connectivity index (χ4n) is 4.34. The van der Waals surface area contributed by atoms with Crippen molar-refractivity contribution in [3.8, 4) is 11.5 Å². The monoisotopic (exact) mass is 332 g/mol. The highest BCUT2D eigenvalue weighted by molar-refractivity contribution is 5.48. The van der Waals surface area contributed by atoms with Gasteiger partial charge in [0.15, 0.2) is 11.5 Å². The van der Waals surface area contributed by atoms with Gasteiger partial charge in [-0.05, 0) is 31.7 Å². The highest BCUT2D eigenvalue weighted by atomic mass is 16.7. The number of ether oxygens (including phenoxy) is 2. The molecule has 2 unspecified atom stereocenters. The second-order valence-corrected chi connectivity index (χ2v) is 7.26. The smallest absolute Gasteiger partial charge is 0.231 e. The Morgan fingerprint density at radius 2 is 1.92 bits per heavy atom. The summed E-state index contributed by atoms with van der Waals surface area (Å²) in [6.07, 6.45) is 6.76.